The molecule has 0 spiro atoms. The molecule has 0 unspecified atom stereocenters. The van der Waals surface area contributed by atoms with Crippen molar-refractivity contribution in [2.75, 3.05) is 7.11 Å². The zero-order valence-corrected chi connectivity index (χ0v) is 16.7. The van der Waals surface area contributed by atoms with Gasteiger partial charge in [-0.3, -0.25) is 4.79 Å². The van der Waals surface area contributed by atoms with Crippen molar-refractivity contribution in [3.63, 3.8) is 0 Å². The molecule has 26 heavy (non-hydrogen) atoms. The smallest absolute Gasteiger partial charge is 0.263 e. The Morgan fingerprint density at radius 2 is 1.96 bits per heavy atom. The van der Waals surface area contributed by atoms with Crippen molar-refractivity contribution in [1.82, 2.24) is 5.32 Å². The number of rotatable bonds is 5. The minimum Gasteiger partial charge on any atom is -0.493 e. The van der Waals surface area contributed by atoms with Crippen molar-refractivity contribution >= 4 is 63.5 Å². The third-order valence-corrected chi connectivity index (χ3v) is 5.41. The van der Waals surface area contributed by atoms with E-state index in [-0.39, 0.29) is 5.91 Å². The highest BCUT2D eigenvalue weighted by Crippen LogP contribution is 2.32. The van der Waals surface area contributed by atoms with Crippen molar-refractivity contribution < 1.29 is 14.3 Å². The molecule has 0 saturated carbocycles. The molecule has 1 aliphatic heterocycles. The second-order valence-corrected chi connectivity index (χ2v) is 7.83. The van der Waals surface area contributed by atoms with Gasteiger partial charge in [-0.25, -0.2) is 0 Å². The second kappa shape index (κ2) is 8.31. The predicted octanol–water partition coefficient (Wildman–Crippen LogP) is 5.07. The van der Waals surface area contributed by atoms with Gasteiger partial charge in [-0.15, -0.1) is 0 Å². The van der Waals surface area contributed by atoms with Gasteiger partial charge in [0, 0.05) is 0 Å². The van der Waals surface area contributed by atoms with Crippen LogP contribution in [-0.4, -0.2) is 17.3 Å². The summed E-state index contributed by atoms with van der Waals surface area (Å²) in [6.45, 7) is 0.320. The molecule has 134 valence electrons. The van der Waals surface area contributed by atoms with Gasteiger partial charge < -0.3 is 14.8 Å². The number of nitrogens with one attached hydrogen (secondary N) is 1. The Kier molecular flexibility index (Phi) is 6.09. The minimum absolute atomic E-state index is 0.195. The van der Waals surface area contributed by atoms with Gasteiger partial charge in [0.25, 0.3) is 5.91 Å². The van der Waals surface area contributed by atoms with Gasteiger partial charge in [0.1, 0.15) is 10.9 Å². The summed E-state index contributed by atoms with van der Waals surface area (Å²) < 4.78 is 11.7. The molecule has 0 radical (unpaired) electrons. The normalized spacial score (nSPS) is 15.3. The molecule has 1 amide bonds. The Labute approximate surface area is 170 Å². The number of halogens is 2. The summed E-state index contributed by atoms with van der Waals surface area (Å²) in [5, 5.41) is 3.56. The van der Waals surface area contributed by atoms with Crippen molar-refractivity contribution in [3.05, 3.63) is 62.5 Å². The second-order valence-electron chi connectivity index (χ2n) is 5.30. The number of benzene rings is 2. The molecule has 0 aliphatic carbocycles. The standard InChI is InChI=1S/C18H13Cl2NO3S2/c1-23-15-7-10(8-16-17(22)21-18(25)26-16)3-5-14(15)24-9-11-2-4-12(19)13(20)6-11/h2-8H,9H2,1H3,(H,21,22,25)/b16-8+. The van der Waals surface area contributed by atoms with E-state index in [1.54, 1.807) is 37.5 Å². The topological polar surface area (TPSA) is 47.6 Å². The third kappa shape index (κ3) is 4.51. The Bertz CT molecular complexity index is 915. The number of methoxy groups -OCH3 is 1. The van der Waals surface area contributed by atoms with Crippen molar-refractivity contribution in [2.24, 2.45) is 0 Å². The quantitative estimate of drug-likeness (QED) is 0.535. The van der Waals surface area contributed by atoms with E-state index in [1.165, 1.54) is 11.8 Å². The van der Waals surface area contributed by atoms with Crippen LogP contribution in [-0.2, 0) is 11.4 Å². The molecule has 2 aromatic carbocycles. The summed E-state index contributed by atoms with van der Waals surface area (Å²) in [7, 11) is 1.56. The summed E-state index contributed by atoms with van der Waals surface area (Å²) in [5.74, 6) is 0.948. The Hall–Kier alpha value is -1.73. The van der Waals surface area contributed by atoms with Crippen LogP contribution in [0.3, 0.4) is 0 Å². The average Bonchev–Trinajstić information content (AvgIpc) is 2.93. The minimum atomic E-state index is -0.195. The number of ether oxygens (including phenoxy) is 2. The fourth-order valence-corrected chi connectivity index (χ4v) is 3.62. The van der Waals surface area contributed by atoms with Crippen LogP contribution >= 0.6 is 47.2 Å². The van der Waals surface area contributed by atoms with Gasteiger partial charge in [0.2, 0.25) is 0 Å². The molecule has 0 atom stereocenters. The maximum atomic E-state index is 11.8. The lowest BCUT2D eigenvalue weighted by molar-refractivity contribution is -0.115. The van der Waals surface area contributed by atoms with E-state index < -0.39 is 0 Å². The Balaban J connectivity index is 1.76. The molecule has 0 bridgehead atoms. The maximum absolute atomic E-state index is 11.8. The molecule has 1 saturated heterocycles. The van der Waals surface area contributed by atoms with Crippen LogP contribution in [0.2, 0.25) is 10.0 Å². The van der Waals surface area contributed by atoms with E-state index in [1.807, 2.05) is 12.1 Å². The molecule has 1 fully saturated rings. The van der Waals surface area contributed by atoms with Crippen LogP contribution < -0.4 is 14.8 Å². The molecule has 1 heterocycles. The molecule has 2 aromatic rings. The van der Waals surface area contributed by atoms with Gasteiger partial charge in [-0.2, -0.15) is 0 Å². The fourth-order valence-electron chi connectivity index (χ4n) is 2.26. The molecule has 1 N–H and O–H groups in total. The summed E-state index contributed by atoms with van der Waals surface area (Å²) in [6, 6.07) is 10.8. The molecular weight excluding hydrogens is 413 g/mol. The highest BCUT2D eigenvalue weighted by Gasteiger charge is 2.22. The SMILES string of the molecule is COc1cc(/C=C2/SC(=S)NC2=O)ccc1OCc1ccc(Cl)c(Cl)c1. The zero-order valence-electron chi connectivity index (χ0n) is 13.5. The number of hydrogen-bond donors (Lipinski definition) is 1. The van der Waals surface area contributed by atoms with E-state index >= 15 is 0 Å². The first-order valence-electron chi connectivity index (χ1n) is 7.46. The van der Waals surface area contributed by atoms with Gasteiger partial charge in [-0.1, -0.05) is 59.3 Å². The van der Waals surface area contributed by atoms with E-state index in [2.05, 4.69) is 5.32 Å². The van der Waals surface area contributed by atoms with Gasteiger partial charge in [0.15, 0.2) is 11.5 Å². The van der Waals surface area contributed by atoms with Gasteiger partial charge in [0.05, 0.1) is 22.1 Å². The van der Waals surface area contributed by atoms with Crippen LogP contribution in [0.15, 0.2) is 41.3 Å². The number of thiocarbonyl (C=S) groups is 1. The van der Waals surface area contributed by atoms with Gasteiger partial charge in [-0.05, 0) is 41.5 Å². The third-order valence-electron chi connectivity index (χ3n) is 3.51. The summed E-state index contributed by atoms with van der Waals surface area (Å²) in [5.41, 5.74) is 1.70. The molecular formula is C18H13Cl2NO3S2. The molecule has 1 aliphatic rings. The van der Waals surface area contributed by atoms with E-state index in [9.17, 15) is 4.79 Å². The van der Waals surface area contributed by atoms with Crippen molar-refractivity contribution in [3.8, 4) is 11.5 Å². The predicted molar refractivity (Wildman–Crippen MR) is 110 cm³/mol. The maximum Gasteiger partial charge on any atom is 0.263 e. The molecule has 8 heteroatoms. The summed E-state index contributed by atoms with van der Waals surface area (Å²) in [4.78, 5) is 12.3. The zero-order chi connectivity index (χ0) is 18.7. The molecule has 0 aromatic heterocycles. The summed E-state index contributed by atoms with van der Waals surface area (Å²) >= 11 is 18.1. The first-order valence-corrected chi connectivity index (χ1v) is 9.44. The highest BCUT2D eigenvalue weighted by molar-refractivity contribution is 8.26. The van der Waals surface area contributed by atoms with Crippen LogP contribution in [0.5, 0.6) is 11.5 Å². The largest absolute Gasteiger partial charge is 0.493 e. The first-order chi connectivity index (χ1) is 12.5. The number of hydrogen-bond acceptors (Lipinski definition) is 5. The van der Waals surface area contributed by atoms with Gasteiger partial charge >= 0.3 is 0 Å². The van der Waals surface area contributed by atoms with E-state index in [0.717, 1.165) is 11.1 Å². The average molecular weight is 426 g/mol. The lowest BCUT2D eigenvalue weighted by Crippen LogP contribution is -2.17. The van der Waals surface area contributed by atoms with Crippen LogP contribution in [0, 0.1) is 0 Å². The van der Waals surface area contributed by atoms with E-state index in [0.29, 0.717) is 37.4 Å². The van der Waals surface area contributed by atoms with Crippen molar-refractivity contribution in [1.29, 1.82) is 0 Å². The fraction of sp³-hybridized carbons (Fsp3) is 0.111. The molecule has 4 nitrogen and oxygen atoms in total. The monoisotopic (exact) mass is 425 g/mol. The lowest BCUT2D eigenvalue weighted by Gasteiger charge is -2.12. The highest BCUT2D eigenvalue weighted by atomic mass is 35.5. The first kappa shape index (κ1) is 19.0. The van der Waals surface area contributed by atoms with Crippen molar-refractivity contribution in [2.45, 2.75) is 6.61 Å². The Morgan fingerprint density at radius 1 is 1.15 bits per heavy atom. The van der Waals surface area contributed by atoms with Crippen LogP contribution in [0.1, 0.15) is 11.1 Å². The summed E-state index contributed by atoms with van der Waals surface area (Å²) in [6.07, 6.45) is 1.75. The number of carbonyl (C=O) groups is 1. The number of thioether (sulfide) groups is 1. The van der Waals surface area contributed by atoms with E-state index in [4.69, 9.17) is 44.9 Å². The lowest BCUT2D eigenvalue weighted by atomic mass is 10.2. The Morgan fingerprint density at radius 3 is 2.62 bits per heavy atom. The molecule has 3 rings (SSSR count). The van der Waals surface area contributed by atoms with Crippen LogP contribution in [0.25, 0.3) is 6.08 Å². The number of carbonyl (C=O) groups excluding carboxylic acids is 1. The van der Waals surface area contributed by atoms with Crippen LogP contribution in [0.4, 0.5) is 0 Å². The number of amides is 1.